The molecule has 20 heavy (non-hydrogen) atoms. The van der Waals surface area contributed by atoms with Crippen LogP contribution < -0.4 is 5.32 Å². The average Bonchev–Trinajstić information content (AvgIpc) is 2.83. The molecule has 112 valence electrons. The third-order valence-corrected chi connectivity index (χ3v) is 5.33. The number of nitrogens with one attached hydrogen (secondary N) is 1. The summed E-state index contributed by atoms with van der Waals surface area (Å²) in [4.78, 5) is 0. The first kappa shape index (κ1) is 15.7. The van der Waals surface area contributed by atoms with Gasteiger partial charge in [-0.05, 0) is 50.1 Å². The lowest BCUT2D eigenvalue weighted by molar-refractivity contribution is -0.137. The van der Waals surface area contributed by atoms with Crippen LogP contribution in [-0.4, -0.2) is 17.0 Å². The van der Waals surface area contributed by atoms with E-state index in [9.17, 15) is 13.2 Å². The van der Waals surface area contributed by atoms with Gasteiger partial charge in [0, 0.05) is 17.3 Å². The maximum Gasteiger partial charge on any atom is 0.416 e. The first-order valence-electron chi connectivity index (χ1n) is 6.85. The van der Waals surface area contributed by atoms with Crippen molar-refractivity contribution in [3.05, 3.63) is 35.4 Å². The van der Waals surface area contributed by atoms with Gasteiger partial charge in [-0.3, -0.25) is 0 Å². The van der Waals surface area contributed by atoms with Crippen molar-refractivity contribution in [2.45, 2.75) is 43.7 Å². The second-order valence-electron chi connectivity index (χ2n) is 5.63. The van der Waals surface area contributed by atoms with Crippen LogP contribution in [-0.2, 0) is 6.18 Å². The van der Waals surface area contributed by atoms with Crippen LogP contribution in [0.25, 0.3) is 0 Å². The third-order valence-electron chi connectivity index (χ3n) is 3.80. The second-order valence-corrected chi connectivity index (χ2v) is 7.31. The Hall–Kier alpha value is -0.680. The lowest BCUT2D eigenvalue weighted by atomic mass is 10.0. The molecule has 2 unspecified atom stereocenters. The number of hydrogen-bond acceptors (Lipinski definition) is 2. The van der Waals surface area contributed by atoms with Crippen molar-refractivity contribution in [3.8, 4) is 0 Å². The third kappa shape index (κ3) is 3.92. The van der Waals surface area contributed by atoms with Gasteiger partial charge in [0.15, 0.2) is 0 Å². The monoisotopic (exact) mass is 303 g/mol. The molecule has 1 aliphatic heterocycles. The van der Waals surface area contributed by atoms with Gasteiger partial charge >= 0.3 is 6.18 Å². The molecule has 0 bridgehead atoms. The molecular weight excluding hydrogens is 283 g/mol. The van der Waals surface area contributed by atoms with Gasteiger partial charge in [-0.15, -0.1) is 0 Å². The molecule has 1 heterocycles. The van der Waals surface area contributed by atoms with Crippen LogP contribution in [0.3, 0.4) is 0 Å². The maximum atomic E-state index is 12.7. The Morgan fingerprint density at radius 1 is 1.40 bits per heavy atom. The summed E-state index contributed by atoms with van der Waals surface area (Å²) in [5.41, 5.74) is 0.108. The van der Waals surface area contributed by atoms with E-state index in [1.807, 2.05) is 18.7 Å². The topological polar surface area (TPSA) is 12.0 Å². The largest absolute Gasteiger partial charge is 0.416 e. The average molecular weight is 303 g/mol. The molecule has 1 fully saturated rings. The minimum Gasteiger partial charge on any atom is -0.309 e. The first-order valence-corrected chi connectivity index (χ1v) is 7.83. The highest BCUT2D eigenvalue weighted by Gasteiger charge is 2.31. The summed E-state index contributed by atoms with van der Waals surface area (Å²) < 4.78 is 38.3. The van der Waals surface area contributed by atoms with E-state index in [1.165, 1.54) is 30.7 Å². The smallest absolute Gasteiger partial charge is 0.309 e. The molecule has 0 saturated carbocycles. The minimum absolute atomic E-state index is 0.0738. The summed E-state index contributed by atoms with van der Waals surface area (Å²) in [6, 6.07) is 5.50. The number of benzene rings is 1. The fourth-order valence-corrected chi connectivity index (χ4v) is 3.70. The Balaban J connectivity index is 2.00. The predicted octanol–water partition coefficient (Wildman–Crippen LogP) is 4.64. The molecule has 1 nitrogen and oxygen atoms in total. The zero-order valence-electron chi connectivity index (χ0n) is 11.8. The van der Waals surface area contributed by atoms with Crippen molar-refractivity contribution in [2.24, 2.45) is 0 Å². The number of halogens is 3. The van der Waals surface area contributed by atoms with E-state index in [2.05, 4.69) is 12.2 Å². The highest BCUT2D eigenvalue weighted by molar-refractivity contribution is 8.00. The van der Waals surface area contributed by atoms with E-state index in [4.69, 9.17) is 0 Å². The SMILES string of the molecule is CC(NCC1(C)CCCS1)c1cccc(C(F)(F)F)c1. The van der Waals surface area contributed by atoms with E-state index < -0.39 is 11.7 Å². The highest BCUT2D eigenvalue weighted by Crippen LogP contribution is 2.37. The Kier molecular flexibility index (Phi) is 4.69. The summed E-state index contributed by atoms with van der Waals surface area (Å²) >= 11 is 1.95. The van der Waals surface area contributed by atoms with E-state index in [0.29, 0.717) is 5.56 Å². The quantitative estimate of drug-likeness (QED) is 0.869. The van der Waals surface area contributed by atoms with Gasteiger partial charge in [0.2, 0.25) is 0 Å². The van der Waals surface area contributed by atoms with Crippen LogP contribution in [0.2, 0.25) is 0 Å². The molecule has 0 amide bonds. The number of alkyl halides is 3. The molecule has 1 N–H and O–H groups in total. The normalized spacial score (nSPS) is 24.9. The molecule has 0 aliphatic carbocycles. The molecule has 0 radical (unpaired) electrons. The lowest BCUT2D eigenvalue weighted by Gasteiger charge is -2.26. The van der Waals surface area contributed by atoms with E-state index in [1.54, 1.807) is 6.07 Å². The number of hydrogen-bond donors (Lipinski definition) is 1. The Bertz CT molecular complexity index is 453. The van der Waals surface area contributed by atoms with Gasteiger partial charge in [0.05, 0.1) is 5.56 Å². The summed E-state index contributed by atoms with van der Waals surface area (Å²) in [5.74, 6) is 1.18. The fraction of sp³-hybridized carbons (Fsp3) is 0.600. The van der Waals surface area contributed by atoms with Crippen LogP contribution >= 0.6 is 11.8 Å². The van der Waals surface area contributed by atoms with Crippen LogP contribution in [0.1, 0.15) is 43.9 Å². The molecule has 1 saturated heterocycles. The summed E-state index contributed by atoms with van der Waals surface area (Å²) in [7, 11) is 0. The fourth-order valence-electron chi connectivity index (χ4n) is 2.45. The summed E-state index contributed by atoms with van der Waals surface area (Å²) in [6.07, 6.45) is -1.89. The predicted molar refractivity (Wildman–Crippen MR) is 78.0 cm³/mol. The Morgan fingerprint density at radius 3 is 2.75 bits per heavy atom. The van der Waals surface area contributed by atoms with Gasteiger partial charge in [0.25, 0.3) is 0 Å². The van der Waals surface area contributed by atoms with Gasteiger partial charge in [0.1, 0.15) is 0 Å². The highest BCUT2D eigenvalue weighted by atomic mass is 32.2. The standard InChI is InChI=1S/C15H20F3NS/c1-11(19-10-14(2)7-4-8-20-14)12-5-3-6-13(9-12)15(16,17)18/h3,5-6,9,11,19H,4,7-8,10H2,1-2H3. The molecule has 1 aromatic rings. The first-order chi connectivity index (χ1) is 9.30. The van der Waals surface area contributed by atoms with Crippen molar-refractivity contribution in [3.63, 3.8) is 0 Å². The summed E-state index contributed by atoms with van der Waals surface area (Å²) in [6.45, 7) is 4.96. The van der Waals surface area contributed by atoms with Crippen LogP contribution in [0.5, 0.6) is 0 Å². The molecule has 2 rings (SSSR count). The number of thioether (sulfide) groups is 1. The molecule has 0 aromatic heterocycles. The Labute approximate surface area is 122 Å². The van der Waals surface area contributed by atoms with Gasteiger partial charge in [-0.2, -0.15) is 24.9 Å². The van der Waals surface area contributed by atoms with Crippen LogP contribution in [0.15, 0.2) is 24.3 Å². The maximum absolute atomic E-state index is 12.7. The van der Waals surface area contributed by atoms with Crippen molar-refractivity contribution in [1.29, 1.82) is 0 Å². The molecule has 1 aromatic carbocycles. The zero-order valence-corrected chi connectivity index (χ0v) is 12.6. The molecule has 1 aliphatic rings. The molecule has 0 spiro atoms. The van der Waals surface area contributed by atoms with Crippen LogP contribution in [0.4, 0.5) is 13.2 Å². The van der Waals surface area contributed by atoms with Gasteiger partial charge in [-0.25, -0.2) is 0 Å². The van der Waals surface area contributed by atoms with Gasteiger partial charge in [-0.1, -0.05) is 12.1 Å². The van der Waals surface area contributed by atoms with Crippen molar-refractivity contribution in [1.82, 2.24) is 5.32 Å². The van der Waals surface area contributed by atoms with Crippen molar-refractivity contribution in [2.75, 3.05) is 12.3 Å². The lowest BCUT2D eigenvalue weighted by Crippen LogP contribution is -2.34. The van der Waals surface area contributed by atoms with Gasteiger partial charge < -0.3 is 5.32 Å². The van der Waals surface area contributed by atoms with E-state index >= 15 is 0 Å². The molecule has 5 heteroatoms. The second kappa shape index (κ2) is 5.98. The Morgan fingerprint density at radius 2 is 2.15 bits per heavy atom. The number of rotatable bonds is 4. The van der Waals surface area contributed by atoms with Crippen molar-refractivity contribution < 1.29 is 13.2 Å². The van der Waals surface area contributed by atoms with Crippen LogP contribution in [0, 0.1) is 0 Å². The van der Waals surface area contributed by atoms with E-state index in [-0.39, 0.29) is 10.8 Å². The van der Waals surface area contributed by atoms with E-state index in [0.717, 1.165) is 12.6 Å². The molecular formula is C15H20F3NS. The summed E-state index contributed by atoms with van der Waals surface area (Å²) in [5, 5.41) is 3.37. The molecule has 2 atom stereocenters. The van der Waals surface area contributed by atoms with Crippen molar-refractivity contribution >= 4 is 11.8 Å². The zero-order chi connectivity index (χ0) is 14.8. The minimum atomic E-state index is -4.27.